The van der Waals surface area contributed by atoms with E-state index in [9.17, 15) is 0 Å². The minimum absolute atomic E-state index is 0. The molecule has 0 saturated heterocycles. The highest BCUT2D eigenvalue weighted by Gasteiger charge is 2.29. The van der Waals surface area contributed by atoms with E-state index >= 15 is 0 Å². The first-order valence-corrected chi connectivity index (χ1v) is 4.87. The Morgan fingerprint density at radius 2 is 2.54 bits per heavy atom. The van der Waals surface area contributed by atoms with Crippen molar-refractivity contribution in [3.63, 3.8) is 0 Å². The number of terminal acetylenes is 1. The van der Waals surface area contributed by atoms with E-state index in [0.717, 1.165) is 19.6 Å². The molecule has 0 aliphatic carbocycles. The summed E-state index contributed by atoms with van der Waals surface area (Å²) >= 11 is 1.78. The Hall–Kier alpha value is -0.530. The minimum atomic E-state index is 0. The number of fused-ring (bicyclic) bond motifs is 1. The Kier molecular flexibility index (Phi) is 3.34. The van der Waals surface area contributed by atoms with Gasteiger partial charge in [0.2, 0.25) is 0 Å². The number of rotatable bonds is 1. The lowest BCUT2D eigenvalue weighted by Gasteiger charge is -2.01. The zero-order valence-electron chi connectivity index (χ0n) is 7.46. The molecule has 1 aliphatic heterocycles. The van der Waals surface area contributed by atoms with Gasteiger partial charge < -0.3 is 17.0 Å². The number of anilines is 1. The van der Waals surface area contributed by atoms with E-state index in [1.807, 2.05) is 0 Å². The van der Waals surface area contributed by atoms with E-state index in [1.165, 1.54) is 10.8 Å². The highest BCUT2D eigenvalue weighted by Crippen LogP contribution is 2.21. The van der Waals surface area contributed by atoms with Crippen LogP contribution in [0, 0.1) is 19.3 Å². The molecular formula is C9H11BrN2S. The van der Waals surface area contributed by atoms with Crippen molar-refractivity contribution in [3.05, 3.63) is 11.1 Å². The number of hydrogen-bond acceptors (Lipinski definition) is 2. The maximum Gasteiger partial charge on any atom is 0.337 e. The van der Waals surface area contributed by atoms with Crippen LogP contribution in [0.5, 0.6) is 0 Å². The van der Waals surface area contributed by atoms with Gasteiger partial charge in [-0.15, -0.1) is 6.42 Å². The quantitative estimate of drug-likeness (QED) is 0.410. The third-order valence-corrected chi connectivity index (χ3v) is 3.29. The lowest BCUT2D eigenvalue weighted by atomic mass is 10.5. The van der Waals surface area contributed by atoms with Crippen LogP contribution < -0.4 is 26.4 Å². The third-order valence-electron chi connectivity index (χ3n) is 2.14. The second-order valence-corrected chi connectivity index (χ2v) is 3.77. The molecule has 2 nitrogen and oxygen atoms in total. The second-order valence-electron chi connectivity index (χ2n) is 2.94. The lowest BCUT2D eigenvalue weighted by molar-refractivity contribution is -0.673. The van der Waals surface area contributed by atoms with Gasteiger partial charge in [-0.1, -0.05) is 17.3 Å². The Bertz CT molecular complexity index is 340. The normalized spacial score (nSPS) is 13.4. The zero-order chi connectivity index (χ0) is 8.55. The van der Waals surface area contributed by atoms with Gasteiger partial charge in [0.05, 0.1) is 0 Å². The fourth-order valence-electron chi connectivity index (χ4n) is 1.51. The van der Waals surface area contributed by atoms with Crippen molar-refractivity contribution in [2.45, 2.75) is 13.5 Å². The predicted octanol–water partition coefficient (Wildman–Crippen LogP) is -2.20. The van der Waals surface area contributed by atoms with E-state index in [0.29, 0.717) is 0 Å². The van der Waals surface area contributed by atoms with Gasteiger partial charge in [-0.05, 0) is 6.92 Å². The number of halogens is 1. The number of hydrogen-bond donors (Lipinski definition) is 0. The molecule has 0 radical (unpaired) electrons. The van der Waals surface area contributed by atoms with Crippen LogP contribution in [0.4, 0.5) is 5.13 Å². The Labute approximate surface area is 93.0 Å². The molecule has 0 saturated carbocycles. The summed E-state index contributed by atoms with van der Waals surface area (Å²) in [5, 5.41) is 3.49. The van der Waals surface area contributed by atoms with E-state index in [-0.39, 0.29) is 17.0 Å². The molecule has 0 amide bonds. The average Bonchev–Trinajstić information content (AvgIpc) is 2.58. The Morgan fingerprint density at radius 3 is 3.23 bits per heavy atom. The maximum absolute atomic E-state index is 5.28. The Morgan fingerprint density at radius 1 is 1.77 bits per heavy atom. The largest absolute Gasteiger partial charge is 1.00 e. The van der Waals surface area contributed by atoms with Gasteiger partial charge in [0, 0.05) is 5.38 Å². The molecular weight excluding hydrogens is 248 g/mol. The minimum Gasteiger partial charge on any atom is -1.00 e. The van der Waals surface area contributed by atoms with Gasteiger partial charge in [-0.25, -0.2) is 9.47 Å². The molecule has 1 aliphatic rings. The van der Waals surface area contributed by atoms with Crippen LogP contribution in [-0.2, 0) is 6.54 Å². The maximum atomic E-state index is 5.28. The fourth-order valence-corrected chi connectivity index (χ4v) is 2.58. The SMILES string of the molecule is C#CCN1CC[n+]2c(C)csc21.[Br-]. The molecule has 0 spiro atoms. The van der Waals surface area contributed by atoms with E-state index in [4.69, 9.17) is 6.42 Å². The second kappa shape index (κ2) is 4.12. The van der Waals surface area contributed by atoms with Crippen molar-refractivity contribution in [1.29, 1.82) is 0 Å². The number of aromatic nitrogens is 1. The van der Waals surface area contributed by atoms with Crippen molar-refractivity contribution in [1.82, 2.24) is 0 Å². The van der Waals surface area contributed by atoms with Crippen LogP contribution in [-0.4, -0.2) is 13.1 Å². The first-order chi connectivity index (χ1) is 5.83. The molecule has 13 heavy (non-hydrogen) atoms. The molecule has 0 atom stereocenters. The first kappa shape index (κ1) is 10.6. The third kappa shape index (κ3) is 1.72. The number of aryl methyl sites for hydroxylation is 1. The van der Waals surface area contributed by atoms with Crippen molar-refractivity contribution in [3.8, 4) is 12.3 Å². The lowest BCUT2D eigenvalue weighted by Crippen LogP contribution is -3.00. The summed E-state index contributed by atoms with van der Waals surface area (Å²) < 4.78 is 2.32. The molecule has 0 unspecified atom stereocenters. The summed E-state index contributed by atoms with van der Waals surface area (Å²) in [5.41, 5.74) is 1.34. The molecule has 0 aromatic carbocycles. The summed E-state index contributed by atoms with van der Waals surface area (Å²) in [6.07, 6.45) is 5.28. The Balaban J connectivity index is 0.000000845. The highest BCUT2D eigenvalue weighted by molar-refractivity contribution is 7.13. The molecule has 4 heteroatoms. The standard InChI is InChI=1S/C9H11N2S.BrH/c1-3-4-10-5-6-11-8(2)7-12-9(10)11;/h1,7H,4-6H2,2H3;1H/q+1;/p-1. The molecule has 1 aromatic rings. The predicted molar refractivity (Wildman–Crippen MR) is 50.3 cm³/mol. The first-order valence-electron chi connectivity index (χ1n) is 3.99. The van der Waals surface area contributed by atoms with Gasteiger partial charge >= 0.3 is 5.13 Å². The molecule has 0 fully saturated rings. The van der Waals surface area contributed by atoms with Gasteiger partial charge in [0.25, 0.3) is 0 Å². The molecule has 1 aromatic heterocycles. The van der Waals surface area contributed by atoms with E-state index < -0.39 is 0 Å². The monoisotopic (exact) mass is 258 g/mol. The fraction of sp³-hybridized carbons (Fsp3) is 0.444. The van der Waals surface area contributed by atoms with Crippen LogP contribution in [0.3, 0.4) is 0 Å². The summed E-state index contributed by atoms with van der Waals surface area (Å²) in [6, 6.07) is 0. The molecule has 2 heterocycles. The average molecular weight is 259 g/mol. The summed E-state index contributed by atoms with van der Waals surface area (Å²) in [6.45, 7) is 5.03. The van der Waals surface area contributed by atoms with Gasteiger partial charge in [0.1, 0.15) is 25.3 Å². The topological polar surface area (TPSA) is 7.12 Å². The summed E-state index contributed by atoms with van der Waals surface area (Å²) in [5.74, 6) is 2.68. The number of nitrogens with zero attached hydrogens (tertiary/aromatic N) is 2. The van der Waals surface area contributed by atoms with E-state index in [1.54, 1.807) is 11.3 Å². The molecule has 2 rings (SSSR count). The van der Waals surface area contributed by atoms with Crippen molar-refractivity contribution in [2.75, 3.05) is 18.0 Å². The molecule has 70 valence electrons. The zero-order valence-corrected chi connectivity index (χ0v) is 9.86. The van der Waals surface area contributed by atoms with Gasteiger partial charge in [-0.2, -0.15) is 0 Å². The van der Waals surface area contributed by atoms with Crippen LogP contribution in [0.1, 0.15) is 5.69 Å². The van der Waals surface area contributed by atoms with Gasteiger partial charge in [-0.3, -0.25) is 0 Å². The van der Waals surface area contributed by atoms with Crippen LogP contribution in [0.15, 0.2) is 5.38 Å². The van der Waals surface area contributed by atoms with Crippen molar-refractivity contribution in [2.24, 2.45) is 0 Å². The smallest absolute Gasteiger partial charge is 0.337 e. The highest BCUT2D eigenvalue weighted by atomic mass is 79.9. The van der Waals surface area contributed by atoms with E-state index in [2.05, 4.69) is 27.7 Å². The van der Waals surface area contributed by atoms with Crippen molar-refractivity contribution >= 4 is 16.5 Å². The van der Waals surface area contributed by atoms with Crippen molar-refractivity contribution < 1.29 is 21.5 Å². The molecule has 0 N–H and O–H groups in total. The number of thiazole rings is 1. The van der Waals surface area contributed by atoms with Crippen LogP contribution in [0.2, 0.25) is 0 Å². The molecule has 0 bridgehead atoms. The van der Waals surface area contributed by atoms with Crippen LogP contribution >= 0.6 is 11.3 Å². The van der Waals surface area contributed by atoms with Gasteiger partial charge in [0.15, 0.2) is 0 Å². The van der Waals surface area contributed by atoms with Crippen LogP contribution in [0.25, 0.3) is 0 Å². The summed E-state index contributed by atoms with van der Waals surface area (Å²) in [4.78, 5) is 2.25. The summed E-state index contributed by atoms with van der Waals surface area (Å²) in [7, 11) is 0.